The fourth-order valence-corrected chi connectivity index (χ4v) is 2.11. The highest BCUT2D eigenvalue weighted by atomic mass is 35.5. The molecule has 1 aromatic carbocycles. The fourth-order valence-electron chi connectivity index (χ4n) is 1.96. The minimum Gasteiger partial charge on any atom is -0.364 e. The maximum absolute atomic E-state index is 11.7. The van der Waals surface area contributed by atoms with Crippen LogP contribution in [0.1, 0.15) is 11.3 Å². The number of aromatic nitrogens is 1. The molecule has 0 bridgehead atoms. The van der Waals surface area contributed by atoms with Crippen molar-refractivity contribution in [2.75, 3.05) is 5.32 Å². The summed E-state index contributed by atoms with van der Waals surface area (Å²) in [4.78, 5) is 20.0. The number of amides is 1. The van der Waals surface area contributed by atoms with Crippen LogP contribution < -0.4 is 5.32 Å². The number of carbonyl (C=O) groups is 1. The van der Waals surface area contributed by atoms with E-state index in [4.69, 9.17) is 11.6 Å². The molecule has 0 saturated carbocycles. The highest BCUT2D eigenvalue weighted by Crippen LogP contribution is 2.23. The molecule has 0 radical (unpaired) electrons. The number of aliphatic hydroxyl groups is 1. The SMILES string of the molecule is O=C1Nc2ccc(Cl)nc2C(c2ccccc2)=NC1O. The van der Waals surface area contributed by atoms with E-state index in [1.807, 2.05) is 30.3 Å². The summed E-state index contributed by atoms with van der Waals surface area (Å²) in [5.41, 5.74) is 2.08. The van der Waals surface area contributed by atoms with Crippen LogP contribution in [-0.2, 0) is 4.79 Å². The van der Waals surface area contributed by atoms with Crippen molar-refractivity contribution in [1.29, 1.82) is 0 Å². The molecule has 100 valence electrons. The average molecular weight is 288 g/mol. The van der Waals surface area contributed by atoms with Crippen LogP contribution in [0.4, 0.5) is 5.69 Å². The second-order valence-electron chi connectivity index (χ2n) is 4.24. The van der Waals surface area contributed by atoms with E-state index in [2.05, 4.69) is 15.3 Å². The zero-order valence-electron chi connectivity index (χ0n) is 10.2. The number of nitrogens with zero attached hydrogens (tertiary/aromatic N) is 2. The van der Waals surface area contributed by atoms with Crippen LogP contribution in [0.3, 0.4) is 0 Å². The van der Waals surface area contributed by atoms with Crippen molar-refractivity contribution in [3.05, 3.63) is 58.9 Å². The predicted octanol–water partition coefficient (Wildman–Crippen LogP) is 1.84. The number of hydrogen-bond acceptors (Lipinski definition) is 4. The highest BCUT2D eigenvalue weighted by Gasteiger charge is 2.25. The molecule has 2 aromatic rings. The first-order valence-corrected chi connectivity index (χ1v) is 6.32. The monoisotopic (exact) mass is 287 g/mol. The minimum atomic E-state index is -1.47. The smallest absolute Gasteiger partial charge is 0.276 e. The number of carbonyl (C=O) groups excluding carboxylic acids is 1. The van der Waals surface area contributed by atoms with Crippen LogP contribution in [0.15, 0.2) is 47.5 Å². The van der Waals surface area contributed by atoms with Crippen molar-refractivity contribution >= 4 is 28.9 Å². The molecule has 1 aliphatic heterocycles. The van der Waals surface area contributed by atoms with Gasteiger partial charge >= 0.3 is 0 Å². The summed E-state index contributed by atoms with van der Waals surface area (Å²) in [7, 11) is 0. The Balaban J connectivity index is 2.23. The quantitative estimate of drug-likeness (QED) is 0.786. The third kappa shape index (κ3) is 2.29. The predicted molar refractivity (Wildman–Crippen MR) is 76.0 cm³/mol. The normalized spacial score (nSPS) is 17.8. The van der Waals surface area contributed by atoms with Crippen molar-refractivity contribution in [2.45, 2.75) is 6.23 Å². The van der Waals surface area contributed by atoms with E-state index < -0.39 is 12.1 Å². The van der Waals surface area contributed by atoms with Crippen LogP contribution >= 0.6 is 11.6 Å². The van der Waals surface area contributed by atoms with Crippen molar-refractivity contribution in [3.63, 3.8) is 0 Å². The van der Waals surface area contributed by atoms with Gasteiger partial charge in [-0.25, -0.2) is 9.98 Å². The molecule has 6 heteroatoms. The van der Waals surface area contributed by atoms with Gasteiger partial charge in [-0.3, -0.25) is 4.79 Å². The number of aliphatic imine (C=N–C) groups is 1. The second-order valence-corrected chi connectivity index (χ2v) is 4.62. The lowest BCUT2D eigenvalue weighted by molar-refractivity contribution is -0.123. The fraction of sp³-hybridized carbons (Fsp3) is 0.0714. The Morgan fingerprint density at radius 1 is 1.15 bits per heavy atom. The number of aliphatic hydroxyl groups excluding tert-OH is 1. The number of halogens is 1. The van der Waals surface area contributed by atoms with Gasteiger partial charge in [0.25, 0.3) is 5.91 Å². The van der Waals surface area contributed by atoms with E-state index >= 15 is 0 Å². The van der Waals surface area contributed by atoms with Gasteiger partial charge in [-0.05, 0) is 12.1 Å². The Morgan fingerprint density at radius 3 is 2.65 bits per heavy atom. The van der Waals surface area contributed by atoms with Crippen LogP contribution in [0.2, 0.25) is 5.15 Å². The first-order chi connectivity index (χ1) is 9.65. The van der Waals surface area contributed by atoms with Crippen molar-refractivity contribution in [2.24, 2.45) is 4.99 Å². The van der Waals surface area contributed by atoms with Gasteiger partial charge in [0.1, 0.15) is 10.8 Å². The Bertz CT molecular complexity index is 701. The van der Waals surface area contributed by atoms with E-state index in [1.54, 1.807) is 12.1 Å². The third-order valence-electron chi connectivity index (χ3n) is 2.88. The van der Waals surface area contributed by atoms with E-state index in [0.29, 0.717) is 17.1 Å². The topological polar surface area (TPSA) is 74.6 Å². The number of anilines is 1. The molecule has 20 heavy (non-hydrogen) atoms. The van der Waals surface area contributed by atoms with Gasteiger partial charge in [0.2, 0.25) is 6.23 Å². The molecule has 5 nitrogen and oxygen atoms in total. The first-order valence-electron chi connectivity index (χ1n) is 5.94. The Morgan fingerprint density at radius 2 is 1.90 bits per heavy atom. The Kier molecular flexibility index (Phi) is 3.22. The van der Waals surface area contributed by atoms with E-state index in [1.165, 1.54) is 0 Å². The summed E-state index contributed by atoms with van der Waals surface area (Å²) in [5, 5.41) is 12.6. The summed E-state index contributed by atoms with van der Waals surface area (Å²) in [6.45, 7) is 0. The molecule has 2 heterocycles. The number of fused-ring (bicyclic) bond motifs is 1. The van der Waals surface area contributed by atoms with E-state index in [-0.39, 0.29) is 5.15 Å². The summed E-state index contributed by atoms with van der Waals surface area (Å²) < 4.78 is 0. The molecule has 1 aromatic heterocycles. The molecular formula is C14H10ClN3O2. The van der Waals surface area contributed by atoms with Crippen LogP contribution in [0, 0.1) is 0 Å². The molecule has 0 fully saturated rings. The van der Waals surface area contributed by atoms with E-state index in [9.17, 15) is 9.90 Å². The molecule has 0 spiro atoms. The van der Waals surface area contributed by atoms with E-state index in [0.717, 1.165) is 5.56 Å². The lowest BCUT2D eigenvalue weighted by atomic mass is 10.1. The van der Waals surface area contributed by atoms with Gasteiger partial charge in [0.15, 0.2) is 0 Å². The average Bonchev–Trinajstić information content (AvgIpc) is 2.58. The summed E-state index contributed by atoms with van der Waals surface area (Å²) in [6, 6.07) is 12.4. The summed E-state index contributed by atoms with van der Waals surface area (Å²) in [5.74, 6) is -0.596. The van der Waals surface area contributed by atoms with Gasteiger partial charge in [0.05, 0.1) is 11.4 Å². The molecule has 1 atom stereocenters. The Hall–Kier alpha value is -2.24. The number of hydrogen-bond donors (Lipinski definition) is 2. The molecule has 1 aliphatic rings. The second kappa shape index (κ2) is 5.03. The van der Waals surface area contributed by atoms with Gasteiger partial charge in [-0.15, -0.1) is 0 Å². The van der Waals surface area contributed by atoms with Crippen molar-refractivity contribution < 1.29 is 9.90 Å². The van der Waals surface area contributed by atoms with Gasteiger partial charge in [-0.2, -0.15) is 0 Å². The Labute approximate surface area is 120 Å². The molecular weight excluding hydrogens is 278 g/mol. The maximum Gasteiger partial charge on any atom is 0.276 e. The zero-order valence-corrected chi connectivity index (χ0v) is 11.0. The number of rotatable bonds is 1. The van der Waals surface area contributed by atoms with Gasteiger partial charge < -0.3 is 10.4 Å². The van der Waals surface area contributed by atoms with Gasteiger partial charge in [-0.1, -0.05) is 41.9 Å². The maximum atomic E-state index is 11.7. The van der Waals surface area contributed by atoms with Crippen LogP contribution in [-0.4, -0.2) is 27.9 Å². The molecule has 2 N–H and O–H groups in total. The molecule has 0 saturated heterocycles. The molecule has 1 amide bonds. The molecule has 3 rings (SSSR count). The molecule has 0 aliphatic carbocycles. The van der Waals surface area contributed by atoms with Crippen LogP contribution in [0.5, 0.6) is 0 Å². The third-order valence-corrected chi connectivity index (χ3v) is 3.09. The number of nitrogens with one attached hydrogen (secondary N) is 1. The largest absolute Gasteiger partial charge is 0.364 e. The first kappa shape index (κ1) is 12.8. The van der Waals surface area contributed by atoms with Crippen LogP contribution in [0.25, 0.3) is 0 Å². The summed E-state index contributed by atoms with van der Waals surface area (Å²) in [6.07, 6.45) is -1.47. The van der Waals surface area contributed by atoms with Crippen molar-refractivity contribution in [1.82, 2.24) is 4.98 Å². The summed E-state index contributed by atoms with van der Waals surface area (Å²) >= 11 is 5.91. The zero-order chi connectivity index (χ0) is 14.1. The number of benzene rings is 1. The highest BCUT2D eigenvalue weighted by molar-refractivity contribution is 6.30. The minimum absolute atomic E-state index is 0.290. The van der Waals surface area contributed by atoms with Gasteiger partial charge in [0, 0.05) is 5.56 Å². The number of pyridine rings is 1. The standard InChI is InChI=1S/C14H10ClN3O2/c15-10-7-6-9-12(17-10)11(8-4-2-1-3-5-8)18-14(20)13(19)16-9/h1-7,14,20H,(H,16,19). The lowest BCUT2D eigenvalue weighted by Gasteiger charge is -2.08. The molecule has 1 unspecified atom stereocenters. The lowest BCUT2D eigenvalue weighted by Crippen LogP contribution is -2.24. The van der Waals surface area contributed by atoms with Crippen molar-refractivity contribution in [3.8, 4) is 0 Å².